The lowest BCUT2D eigenvalue weighted by atomic mass is 10.6. The second-order valence-electron chi connectivity index (χ2n) is 0.964. The van der Waals surface area contributed by atoms with Gasteiger partial charge in [0.2, 0.25) is 5.83 Å². The van der Waals surface area contributed by atoms with Crippen LogP contribution in [0.2, 0.25) is 0 Å². The molecular weight excluding hydrogens is 128 g/mol. The second kappa shape index (κ2) is 2.02. The van der Waals surface area contributed by atoms with Gasteiger partial charge in [-0.2, -0.15) is 17.6 Å². The SMILES string of the molecule is [O]/C=C(/F)C(F)(F)F. The Labute approximate surface area is 42.2 Å². The molecule has 0 aromatic rings. The lowest BCUT2D eigenvalue weighted by Crippen LogP contribution is -2.07. The predicted molar refractivity (Wildman–Crippen MR) is 15.9 cm³/mol. The van der Waals surface area contributed by atoms with Crippen LogP contribution in [0, 0.1) is 0 Å². The summed E-state index contributed by atoms with van der Waals surface area (Å²) in [4.78, 5) is 0. The zero-order valence-electron chi connectivity index (χ0n) is 3.50. The van der Waals surface area contributed by atoms with E-state index in [0.717, 1.165) is 0 Å². The Morgan fingerprint density at radius 3 is 1.75 bits per heavy atom. The van der Waals surface area contributed by atoms with Gasteiger partial charge in [-0.15, -0.1) is 0 Å². The molecule has 0 saturated carbocycles. The first-order valence-electron chi connectivity index (χ1n) is 1.53. The molecule has 8 heavy (non-hydrogen) atoms. The van der Waals surface area contributed by atoms with Crippen LogP contribution in [0.3, 0.4) is 0 Å². The van der Waals surface area contributed by atoms with Crippen LogP contribution in [0.5, 0.6) is 0 Å². The fourth-order valence-electron chi connectivity index (χ4n) is 0.0668. The zero-order chi connectivity index (χ0) is 6.78. The first-order valence-corrected chi connectivity index (χ1v) is 1.53. The summed E-state index contributed by atoms with van der Waals surface area (Å²) >= 11 is 0. The number of rotatable bonds is 0. The highest BCUT2D eigenvalue weighted by Crippen LogP contribution is 2.25. The van der Waals surface area contributed by atoms with Gasteiger partial charge >= 0.3 is 6.18 Å². The number of allylic oxidation sites excluding steroid dienone is 1. The van der Waals surface area contributed by atoms with Crippen molar-refractivity contribution in [2.24, 2.45) is 0 Å². The van der Waals surface area contributed by atoms with Crippen LogP contribution in [-0.4, -0.2) is 6.18 Å². The van der Waals surface area contributed by atoms with Gasteiger partial charge in [-0.25, -0.2) is 0 Å². The van der Waals surface area contributed by atoms with Crippen molar-refractivity contribution in [3.8, 4) is 0 Å². The Kier molecular flexibility index (Phi) is 1.83. The zero-order valence-corrected chi connectivity index (χ0v) is 3.50. The van der Waals surface area contributed by atoms with E-state index in [9.17, 15) is 17.6 Å². The van der Waals surface area contributed by atoms with Crippen molar-refractivity contribution in [1.29, 1.82) is 0 Å². The molecule has 0 bridgehead atoms. The van der Waals surface area contributed by atoms with Crippen molar-refractivity contribution >= 4 is 0 Å². The molecule has 0 aromatic heterocycles. The van der Waals surface area contributed by atoms with Crippen molar-refractivity contribution in [3.05, 3.63) is 12.1 Å². The molecule has 0 aliphatic rings. The molecule has 0 rings (SSSR count). The van der Waals surface area contributed by atoms with Crippen LogP contribution >= 0.6 is 0 Å². The molecule has 0 N–H and O–H groups in total. The summed E-state index contributed by atoms with van der Waals surface area (Å²) in [6.45, 7) is 0. The minimum absolute atomic E-state index is 0.875. The summed E-state index contributed by atoms with van der Waals surface area (Å²) in [5.41, 5.74) is 0. The fraction of sp³-hybridized carbons (Fsp3) is 0.333. The number of halogens is 4. The highest BCUT2D eigenvalue weighted by Gasteiger charge is 2.35. The van der Waals surface area contributed by atoms with E-state index in [1.165, 1.54) is 0 Å². The quantitative estimate of drug-likeness (QED) is 0.351. The van der Waals surface area contributed by atoms with Gasteiger partial charge in [0.15, 0.2) is 6.26 Å². The molecule has 0 saturated heterocycles. The first-order chi connectivity index (χ1) is 3.48. The monoisotopic (exact) mass is 129 g/mol. The van der Waals surface area contributed by atoms with Gasteiger partial charge in [-0.05, 0) is 0 Å². The normalized spacial score (nSPS) is 14.2. The lowest BCUT2D eigenvalue weighted by Gasteiger charge is -1.97. The van der Waals surface area contributed by atoms with Crippen LogP contribution in [0.25, 0.3) is 0 Å². The van der Waals surface area contributed by atoms with Crippen LogP contribution in [-0.2, 0) is 5.11 Å². The van der Waals surface area contributed by atoms with E-state index in [1.807, 2.05) is 0 Å². The highest BCUT2D eigenvalue weighted by molar-refractivity contribution is 4.92. The van der Waals surface area contributed by atoms with E-state index < -0.39 is 18.3 Å². The average Bonchev–Trinajstić information content (AvgIpc) is 1.62. The lowest BCUT2D eigenvalue weighted by molar-refractivity contribution is -0.111. The van der Waals surface area contributed by atoms with Crippen molar-refractivity contribution in [2.45, 2.75) is 6.18 Å². The average molecular weight is 129 g/mol. The Bertz CT molecular complexity index is 102. The largest absolute Gasteiger partial charge is 0.446 e. The predicted octanol–water partition coefficient (Wildman–Crippen LogP) is 1.79. The van der Waals surface area contributed by atoms with E-state index in [2.05, 4.69) is 0 Å². The van der Waals surface area contributed by atoms with Crippen LogP contribution in [0.4, 0.5) is 17.6 Å². The van der Waals surface area contributed by atoms with Gasteiger partial charge in [0.05, 0.1) is 0 Å². The van der Waals surface area contributed by atoms with Gasteiger partial charge in [-0.3, -0.25) is 5.11 Å². The summed E-state index contributed by atoms with van der Waals surface area (Å²) in [5, 5.41) is 9.02. The number of hydrogen-bond donors (Lipinski definition) is 0. The van der Waals surface area contributed by atoms with Crippen molar-refractivity contribution in [2.75, 3.05) is 0 Å². The Hall–Kier alpha value is -0.740. The van der Waals surface area contributed by atoms with Gasteiger partial charge in [0, 0.05) is 0 Å². The molecule has 1 radical (unpaired) electrons. The van der Waals surface area contributed by atoms with Crippen LogP contribution < -0.4 is 0 Å². The summed E-state index contributed by atoms with van der Waals surface area (Å²) < 4.78 is 43.5. The minimum Gasteiger partial charge on any atom is -0.295 e. The van der Waals surface area contributed by atoms with E-state index in [1.54, 1.807) is 0 Å². The number of alkyl halides is 3. The Morgan fingerprint density at radius 1 is 1.38 bits per heavy atom. The van der Waals surface area contributed by atoms with E-state index in [0.29, 0.717) is 0 Å². The van der Waals surface area contributed by atoms with Gasteiger partial charge in [-0.1, -0.05) is 0 Å². The molecule has 0 spiro atoms. The molecule has 0 atom stereocenters. The van der Waals surface area contributed by atoms with Gasteiger partial charge in [0.1, 0.15) is 0 Å². The fourth-order valence-corrected chi connectivity index (χ4v) is 0.0668. The third kappa shape index (κ3) is 1.81. The third-order valence-electron chi connectivity index (χ3n) is 0.374. The molecule has 5 heteroatoms. The minimum atomic E-state index is -5.11. The summed E-state index contributed by atoms with van der Waals surface area (Å²) in [6, 6.07) is 0. The summed E-state index contributed by atoms with van der Waals surface area (Å²) in [5.74, 6) is -2.60. The van der Waals surface area contributed by atoms with E-state index in [4.69, 9.17) is 5.11 Å². The van der Waals surface area contributed by atoms with Gasteiger partial charge in [0.25, 0.3) is 0 Å². The third-order valence-corrected chi connectivity index (χ3v) is 0.374. The van der Waals surface area contributed by atoms with Crippen LogP contribution in [0.1, 0.15) is 0 Å². The van der Waals surface area contributed by atoms with Crippen molar-refractivity contribution < 1.29 is 22.7 Å². The molecule has 0 amide bonds. The molecule has 47 valence electrons. The number of hydrogen-bond acceptors (Lipinski definition) is 0. The molecule has 0 aliphatic heterocycles. The topological polar surface area (TPSA) is 19.9 Å². The molecule has 0 aromatic carbocycles. The van der Waals surface area contributed by atoms with Crippen LogP contribution in [0.15, 0.2) is 12.1 Å². The molecule has 0 fully saturated rings. The first kappa shape index (κ1) is 7.26. The summed E-state index contributed by atoms with van der Waals surface area (Å²) in [7, 11) is 0. The van der Waals surface area contributed by atoms with E-state index >= 15 is 0 Å². The highest BCUT2D eigenvalue weighted by atomic mass is 19.4. The maximum Gasteiger partial charge on any atom is 0.446 e. The Balaban J connectivity index is 4.03. The summed E-state index contributed by atoms with van der Waals surface area (Å²) in [6.07, 6.45) is -5.98. The van der Waals surface area contributed by atoms with E-state index in [-0.39, 0.29) is 0 Å². The molecular formula is C3HF4O. The molecule has 1 nitrogen and oxygen atoms in total. The maximum atomic E-state index is 11.1. The second-order valence-corrected chi connectivity index (χ2v) is 0.964. The standard InChI is InChI=1S/C3HF4O/c4-2(1-8)3(5,6)7/h1H/b2-1+. The molecule has 0 unspecified atom stereocenters. The maximum absolute atomic E-state index is 11.1. The van der Waals surface area contributed by atoms with Crippen molar-refractivity contribution in [3.63, 3.8) is 0 Å². The van der Waals surface area contributed by atoms with Crippen molar-refractivity contribution in [1.82, 2.24) is 0 Å². The molecule has 0 aliphatic carbocycles. The molecule has 0 heterocycles. The Morgan fingerprint density at radius 2 is 1.75 bits per heavy atom. The smallest absolute Gasteiger partial charge is 0.295 e. The van der Waals surface area contributed by atoms with Gasteiger partial charge < -0.3 is 0 Å².